The van der Waals surface area contributed by atoms with Crippen LogP contribution in [0.25, 0.3) is 6.08 Å². The summed E-state index contributed by atoms with van der Waals surface area (Å²) in [4.78, 5) is 13.6. The van der Waals surface area contributed by atoms with E-state index in [9.17, 15) is 10.1 Å². The van der Waals surface area contributed by atoms with Gasteiger partial charge in [-0.3, -0.25) is 15.0 Å². The van der Waals surface area contributed by atoms with Gasteiger partial charge >= 0.3 is 5.69 Å². The molecule has 0 aliphatic carbocycles. The molecule has 0 radical (unpaired) electrons. The van der Waals surface area contributed by atoms with Crippen molar-refractivity contribution in [2.45, 2.75) is 25.0 Å². The van der Waals surface area contributed by atoms with Gasteiger partial charge in [0, 0.05) is 16.9 Å². The number of nitro groups is 1. The van der Waals surface area contributed by atoms with E-state index in [0.717, 1.165) is 16.9 Å². The minimum atomic E-state index is -0.982. The lowest BCUT2D eigenvalue weighted by molar-refractivity contribution is -0.386. The zero-order chi connectivity index (χ0) is 21.8. The number of fused-ring (bicyclic) bond motifs is 2. The molecule has 1 atom stereocenters. The Morgan fingerprint density at radius 2 is 1.74 bits per heavy atom. The Bertz CT molecular complexity index is 1220. The molecule has 6 heteroatoms. The predicted molar refractivity (Wildman–Crippen MR) is 120 cm³/mol. The van der Waals surface area contributed by atoms with E-state index in [1.54, 1.807) is 6.07 Å². The van der Waals surface area contributed by atoms with Crippen LogP contribution in [0.4, 0.5) is 17.1 Å². The van der Waals surface area contributed by atoms with Crippen molar-refractivity contribution in [2.75, 3.05) is 12.0 Å². The van der Waals surface area contributed by atoms with Gasteiger partial charge in [-0.25, -0.2) is 0 Å². The molecular weight excluding hydrogens is 392 g/mol. The highest BCUT2D eigenvalue weighted by Crippen LogP contribution is 2.58. The molecule has 0 saturated heterocycles. The Kier molecular flexibility index (Phi) is 4.09. The average molecular weight is 414 g/mol. The standard InChI is InChI=1S/C25H22N2O4/c1-24(2)20-11-7-8-12-21(20)26(18-9-5-4-6-10-18)25(24)14-13-17-15-19(30-3)16-22(27(28)29)23(17)31-25/h4-16H,1-3H3/t25-/m1/s1. The molecule has 3 aromatic rings. The van der Waals surface area contributed by atoms with Crippen molar-refractivity contribution in [1.82, 2.24) is 0 Å². The van der Waals surface area contributed by atoms with Crippen LogP contribution in [0, 0.1) is 10.1 Å². The van der Waals surface area contributed by atoms with Crippen LogP contribution in [0.15, 0.2) is 72.8 Å². The number of benzene rings is 3. The van der Waals surface area contributed by atoms with E-state index in [2.05, 4.69) is 30.9 Å². The number of nitrogens with zero attached hydrogens (tertiary/aromatic N) is 2. The van der Waals surface area contributed by atoms with Crippen molar-refractivity contribution in [3.63, 3.8) is 0 Å². The number of para-hydroxylation sites is 2. The molecule has 31 heavy (non-hydrogen) atoms. The maximum atomic E-state index is 11.9. The van der Waals surface area contributed by atoms with Crippen molar-refractivity contribution < 1.29 is 14.4 Å². The monoisotopic (exact) mass is 414 g/mol. The highest BCUT2D eigenvalue weighted by Gasteiger charge is 2.60. The van der Waals surface area contributed by atoms with E-state index in [4.69, 9.17) is 9.47 Å². The molecule has 2 aliphatic heterocycles. The summed E-state index contributed by atoms with van der Waals surface area (Å²) < 4.78 is 11.9. The number of ether oxygens (including phenoxy) is 2. The summed E-state index contributed by atoms with van der Waals surface area (Å²) in [5.41, 5.74) is 2.11. The molecule has 0 bridgehead atoms. The van der Waals surface area contributed by atoms with Gasteiger partial charge in [0.25, 0.3) is 0 Å². The van der Waals surface area contributed by atoms with Crippen LogP contribution in [0.2, 0.25) is 0 Å². The second-order valence-corrected chi connectivity index (χ2v) is 8.27. The summed E-state index contributed by atoms with van der Waals surface area (Å²) in [6, 6.07) is 21.3. The fourth-order valence-electron chi connectivity index (χ4n) is 4.70. The van der Waals surface area contributed by atoms with Gasteiger partial charge in [-0.05, 0) is 55.8 Å². The molecule has 2 heterocycles. The molecule has 0 saturated carbocycles. The third kappa shape index (κ3) is 2.57. The maximum absolute atomic E-state index is 11.9. The molecule has 1 spiro atoms. The third-order valence-electron chi connectivity index (χ3n) is 6.31. The van der Waals surface area contributed by atoms with Crippen molar-refractivity contribution in [2.24, 2.45) is 0 Å². The van der Waals surface area contributed by atoms with E-state index < -0.39 is 16.1 Å². The number of methoxy groups -OCH3 is 1. The lowest BCUT2D eigenvalue weighted by Crippen LogP contribution is -2.57. The molecule has 3 aromatic carbocycles. The van der Waals surface area contributed by atoms with Crippen molar-refractivity contribution in [3.8, 4) is 11.5 Å². The first-order chi connectivity index (χ1) is 14.9. The van der Waals surface area contributed by atoms with E-state index in [1.165, 1.54) is 13.2 Å². The molecule has 0 N–H and O–H groups in total. The summed E-state index contributed by atoms with van der Waals surface area (Å²) in [7, 11) is 1.49. The van der Waals surface area contributed by atoms with E-state index in [-0.39, 0.29) is 11.4 Å². The Morgan fingerprint density at radius 1 is 1.03 bits per heavy atom. The van der Waals surface area contributed by atoms with Crippen LogP contribution >= 0.6 is 0 Å². The highest BCUT2D eigenvalue weighted by atomic mass is 16.6. The zero-order valence-corrected chi connectivity index (χ0v) is 17.5. The van der Waals surface area contributed by atoms with Gasteiger partial charge in [-0.15, -0.1) is 0 Å². The molecule has 5 rings (SSSR count). The Morgan fingerprint density at radius 3 is 2.45 bits per heavy atom. The quantitative estimate of drug-likeness (QED) is 0.398. The van der Waals surface area contributed by atoms with Crippen LogP contribution in [0.3, 0.4) is 0 Å². The topological polar surface area (TPSA) is 64.8 Å². The van der Waals surface area contributed by atoms with Crippen LogP contribution in [0.5, 0.6) is 11.5 Å². The SMILES string of the molecule is COc1cc2c(c([N+](=O)[O-])c1)O[C@@]1(C=C2)N(c2ccccc2)c2ccccc2C1(C)C. The van der Waals surface area contributed by atoms with E-state index >= 15 is 0 Å². The van der Waals surface area contributed by atoms with Crippen LogP contribution in [-0.2, 0) is 5.41 Å². The number of hydrogen-bond acceptors (Lipinski definition) is 5. The van der Waals surface area contributed by atoms with E-state index in [1.807, 2.05) is 54.6 Å². The summed E-state index contributed by atoms with van der Waals surface area (Å²) in [6.45, 7) is 4.22. The largest absolute Gasteiger partial charge is 0.496 e. The molecule has 156 valence electrons. The molecule has 2 aliphatic rings. The number of rotatable bonds is 3. The number of nitro benzene ring substituents is 1. The summed E-state index contributed by atoms with van der Waals surface area (Å²) in [5, 5.41) is 11.9. The maximum Gasteiger partial charge on any atom is 0.315 e. The Balaban J connectivity index is 1.78. The van der Waals surface area contributed by atoms with Crippen molar-refractivity contribution >= 4 is 23.1 Å². The molecule has 6 nitrogen and oxygen atoms in total. The van der Waals surface area contributed by atoms with E-state index in [0.29, 0.717) is 11.3 Å². The first-order valence-corrected chi connectivity index (χ1v) is 10.1. The molecule has 0 fully saturated rings. The minimum absolute atomic E-state index is 0.113. The zero-order valence-electron chi connectivity index (χ0n) is 17.5. The molecule has 0 aromatic heterocycles. The lowest BCUT2D eigenvalue weighted by Gasteiger charge is -2.46. The average Bonchev–Trinajstić information content (AvgIpc) is 2.97. The predicted octanol–water partition coefficient (Wildman–Crippen LogP) is 5.83. The number of anilines is 2. The fraction of sp³-hybridized carbons (Fsp3) is 0.200. The highest BCUT2D eigenvalue weighted by molar-refractivity contribution is 5.81. The fourth-order valence-corrected chi connectivity index (χ4v) is 4.70. The van der Waals surface area contributed by atoms with Crippen LogP contribution in [-0.4, -0.2) is 17.8 Å². The summed E-state index contributed by atoms with van der Waals surface area (Å²) >= 11 is 0. The van der Waals surface area contributed by atoms with Crippen molar-refractivity contribution in [3.05, 3.63) is 94.0 Å². The van der Waals surface area contributed by atoms with Gasteiger partial charge in [-0.1, -0.05) is 36.4 Å². The second-order valence-electron chi connectivity index (χ2n) is 8.27. The Hall–Kier alpha value is -3.80. The smallest absolute Gasteiger partial charge is 0.315 e. The summed E-state index contributed by atoms with van der Waals surface area (Å²) in [6.07, 6.45) is 3.91. The van der Waals surface area contributed by atoms with Crippen molar-refractivity contribution in [1.29, 1.82) is 0 Å². The van der Waals surface area contributed by atoms with Gasteiger partial charge in [0.1, 0.15) is 5.75 Å². The molecular formula is C25H22N2O4. The second kappa shape index (κ2) is 6.60. The first-order valence-electron chi connectivity index (χ1n) is 10.1. The molecule has 0 unspecified atom stereocenters. The normalized spacial score (nSPS) is 20.2. The molecule has 0 amide bonds. The van der Waals surface area contributed by atoms with Gasteiger partial charge in [0.05, 0.1) is 23.5 Å². The van der Waals surface area contributed by atoms with Crippen LogP contribution in [0.1, 0.15) is 25.0 Å². The summed E-state index contributed by atoms with van der Waals surface area (Å²) in [5.74, 6) is 0.665. The first kappa shape index (κ1) is 19.2. The van der Waals surface area contributed by atoms with Gasteiger partial charge in [0.2, 0.25) is 11.5 Å². The third-order valence-corrected chi connectivity index (χ3v) is 6.31. The lowest BCUT2D eigenvalue weighted by atomic mass is 9.76. The van der Waals surface area contributed by atoms with Gasteiger partial charge in [0.15, 0.2) is 0 Å². The minimum Gasteiger partial charge on any atom is -0.496 e. The number of hydrogen-bond donors (Lipinski definition) is 0. The Labute approximate surface area is 180 Å². The van der Waals surface area contributed by atoms with Gasteiger partial charge < -0.3 is 9.47 Å². The van der Waals surface area contributed by atoms with Crippen LogP contribution < -0.4 is 14.4 Å². The van der Waals surface area contributed by atoms with Gasteiger partial charge in [-0.2, -0.15) is 0 Å².